The van der Waals surface area contributed by atoms with Crippen molar-refractivity contribution in [2.45, 2.75) is 0 Å². The average Bonchev–Trinajstić information content (AvgIpc) is 3.14. The van der Waals surface area contributed by atoms with Gasteiger partial charge in [0.15, 0.2) is 0 Å². The lowest BCUT2D eigenvalue weighted by atomic mass is 10.0. The Hall–Kier alpha value is -6.32. The van der Waals surface area contributed by atoms with Gasteiger partial charge in [-0.25, -0.2) is 0 Å². The average molecular weight is 605 g/mol. The maximum atomic E-state index is 11.6. The molecule has 3 heteroatoms. The monoisotopic (exact) mass is 604 g/mol. The van der Waals surface area contributed by atoms with Gasteiger partial charge < -0.3 is 14.9 Å². The molecule has 0 spiro atoms. The van der Waals surface area contributed by atoms with Crippen LogP contribution in [0.25, 0.3) is 32.7 Å². The summed E-state index contributed by atoms with van der Waals surface area (Å²) >= 11 is 0. The van der Waals surface area contributed by atoms with E-state index in [9.17, 15) is 5.11 Å². The third kappa shape index (κ3) is 5.34. The van der Waals surface area contributed by atoms with E-state index in [0.717, 1.165) is 56.0 Å². The van der Waals surface area contributed by atoms with Gasteiger partial charge in [-0.2, -0.15) is 0 Å². The van der Waals surface area contributed by atoms with E-state index in [0.29, 0.717) is 0 Å². The summed E-state index contributed by atoms with van der Waals surface area (Å²) in [5.74, 6) is 0.213. The number of hydrogen-bond acceptors (Lipinski definition) is 3. The summed E-state index contributed by atoms with van der Waals surface area (Å²) < 4.78 is 0. The molecule has 8 rings (SSSR count). The molecular formula is C44H32N2O. The van der Waals surface area contributed by atoms with Gasteiger partial charge in [0.05, 0.1) is 17.1 Å². The molecule has 0 bridgehead atoms. The first-order valence-corrected chi connectivity index (χ1v) is 15.8. The van der Waals surface area contributed by atoms with E-state index >= 15 is 0 Å². The van der Waals surface area contributed by atoms with Gasteiger partial charge in [-0.15, -0.1) is 0 Å². The standard InChI is InChI=1S/C44H32N2O/c47-44-31-35(27-30-43(44)46(37-19-5-2-6-20-37)42-24-12-16-34-14-8-10-22-40(34)42)32-25-28-38(29-26-32)45(36-17-3-1-4-18-36)41-23-11-15-33-13-7-9-21-39(33)41/h1-31,47H. The number of nitrogens with zero attached hydrogens (tertiary/aromatic N) is 2. The molecule has 0 aromatic heterocycles. The highest BCUT2D eigenvalue weighted by Crippen LogP contribution is 2.44. The number of fused-ring (bicyclic) bond motifs is 2. The number of hydrogen-bond donors (Lipinski definition) is 1. The first-order valence-electron chi connectivity index (χ1n) is 15.8. The Labute approximate surface area is 274 Å². The molecule has 0 unspecified atom stereocenters. The van der Waals surface area contributed by atoms with Crippen molar-refractivity contribution in [3.63, 3.8) is 0 Å². The van der Waals surface area contributed by atoms with Crippen molar-refractivity contribution in [3.05, 3.63) is 188 Å². The van der Waals surface area contributed by atoms with E-state index in [1.54, 1.807) is 0 Å². The number of phenolic OH excluding ortho intramolecular Hbond substituents is 1. The molecule has 8 aromatic rings. The Morgan fingerprint density at radius 2 is 0.766 bits per heavy atom. The molecule has 0 fully saturated rings. The van der Waals surface area contributed by atoms with Crippen molar-refractivity contribution in [2.75, 3.05) is 9.80 Å². The lowest BCUT2D eigenvalue weighted by molar-refractivity contribution is 0.477. The van der Waals surface area contributed by atoms with Crippen LogP contribution in [0, 0.1) is 0 Å². The van der Waals surface area contributed by atoms with E-state index in [-0.39, 0.29) is 5.75 Å². The molecule has 0 saturated carbocycles. The van der Waals surface area contributed by atoms with Crippen LogP contribution >= 0.6 is 0 Å². The van der Waals surface area contributed by atoms with Crippen molar-refractivity contribution in [2.24, 2.45) is 0 Å². The number of para-hydroxylation sites is 2. The van der Waals surface area contributed by atoms with Crippen LogP contribution in [-0.2, 0) is 0 Å². The normalized spacial score (nSPS) is 11.1. The first kappa shape index (κ1) is 28.2. The van der Waals surface area contributed by atoms with Gasteiger partial charge in [0.1, 0.15) is 5.75 Å². The van der Waals surface area contributed by atoms with E-state index in [2.05, 4.69) is 161 Å². The second kappa shape index (κ2) is 12.2. The highest BCUT2D eigenvalue weighted by molar-refractivity contribution is 6.00. The molecule has 0 amide bonds. The Morgan fingerprint density at radius 1 is 0.319 bits per heavy atom. The molecule has 0 radical (unpaired) electrons. The minimum absolute atomic E-state index is 0.213. The molecule has 8 aromatic carbocycles. The summed E-state index contributed by atoms with van der Waals surface area (Å²) in [7, 11) is 0. The van der Waals surface area contributed by atoms with Gasteiger partial charge >= 0.3 is 0 Å². The minimum atomic E-state index is 0.213. The van der Waals surface area contributed by atoms with Gasteiger partial charge in [-0.3, -0.25) is 0 Å². The van der Waals surface area contributed by atoms with E-state index < -0.39 is 0 Å². The van der Waals surface area contributed by atoms with Crippen LogP contribution < -0.4 is 9.80 Å². The lowest BCUT2D eigenvalue weighted by Gasteiger charge is -2.28. The smallest absolute Gasteiger partial charge is 0.140 e. The van der Waals surface area contributed by atoms with Crippen molar-refractivity contribution in [1.82, 2.24) is 0 Å². The van der Waals surface area contributed by atoms with Crippen LogP contribution in [0.2, 0.25) is 0 Å². The molecule has 0 aliphatic carbocycles. The van der Waals surface area contributed by atoms with Crippen LogP contribution in [0.5, 0.6) is 5.75 Å². The third-order valence-electron chi connectivity index (χ3n) is 8.72. The van der Waals surface area contributed by atoms with Crippen molar-refractivity contribution in [3.8, 4) is 16.9 Å². The molecule has 0 saturated heterocycles. The number of rotatable bonds is 7. The molecule has 1 N–H and O–H groups in total. The molecule has 0 aliphatic rings. The first-order chi connectivity index (χ1) is 23.2. The zero-order valence-corrected chi connectivity index (χ0v) is 25.7. The van der Waals surface area contributed by atoms with Gasteiger partial charge in [-0.05, 0) is 82.6 Å². The molecule has 47 heavy (non-hydrogen) atoms. The zero-order chi connectivity index (χ0) is 31.6. The molecule has 0 atom stereocenters. The van der Waals surface area contributed by atoms with Gasteiger partial charge in [0.2, 0.25) is 0 Å². The molecule has 3 nitrogen and oxygen atoms in total. The fourth-order valence-electron chi connectivity index (χ4n) is 6.49. The number of benzene rings is 8. The Kier molecular flexibility index (Phi) is 7.33. The quantitative estimate of drug-likeness (QED) is 0.196. The van der Waals surface area contributed by atoms with Gasteiger partial charge in [-0.1, -0.05) is 127 Å². The molecular weight excluding hydrogens is 572 g/mol. The third-order valence-corrected chi connectivity index (χ3v) is 8.72. The molecule has 0 heterocycles. The maximum Gasteiger partial charge on any atom is 0.140 e. The van der Waals surface area contributed by atoms with Crippen molar-refractivity contribution in [1.29, 1.82) is 0 Å². The summed E-state index contributed by atoms with van der Waals surface area (Å²) in [6.07, 6.45) is 0. The Morgan fingerprint density at radius 3 is 1.34 bits per heavy atom. The molecule has 224 valence electrons. The summed E-state index contributed by atoms with van der Waals surface area (Å²) in [5.41, 5.74) is 7.95. The largest absolute Gasteiger partial charge is 0.506 e. The van der Waals surface area contributed by atoms with Crippen LogP contribution in [0.15, 0.2) is 188 Å². The number of phenols is 1. The predicted octanol–water partition coefficient (Wildman–Crippen LogP) is 12.3. The number of anilines is 6. The van der Waals surface area contributed by atoms with Crippen molar-refractivity contribution >= 4 is 55.7 Å². The van der Waals surface area contributed by atoms with Crippen molar-refractivity contribution < 1.29 is 5.11 Å². The Balaban J connectivity index is 1.18. The van der Waals surface area contributed by atoms with Crippen LogP contribution in [0.4, 0.5) is 34.1 Å². The van der Waals surface area contributed by atoms with Gasteiger partial charge in [0, 0.05) is 27.8 Å². The zero-order valence-electron chi connectivity index (χ0n) is 25.7. The summed E-state index contributed by atoms with van der Waals surface area (Å²) in [5, 5.41) is 16.3. The van der Waals surface area contributed by atoms with E-state index in [4.69, 9.17) is 0 Å². The number of aromatic hydroxyl groups is 1. The summed E-state index contributed by atoms with van der Waals surface area (Å²) in [6.45, 7) is 0. The SMILES string of the molecule is Oc1cc(-c2ccc(N(c3ccccc3)c3cccc4ccccc34)cc2)ccc1N(c1ccccc1)c1cccc2ccccc12. The topological polar surface area (TPSA) is 26.7 Å². The second-order valence-corrected chi connectivity index (χ2v) is 11.6. The summed E-state index contributed by atoms with van der Waals surface area (Å²) in [4.78, 5) is 4.43. The fraction of sp³-hybridized carbons (Fsp3) is 0. The maximum absolute atomic E-state index is 11.6. The predicted molar refractivity (Wildman–Crippen MR) is 198 cm³/mol. The van der Waals surface area contributed by atoms with E-state index in [1.165, 1.54) is 10.8 Å². The summed E-state index contributed by atoms with van der Waals surface area (Å²) in [6, 6.07) is 64.8. The van der Waals surface area contributed by atoms with Crippen LogP contribution in [-0.4, -0.2) is 5.11 Å². The highest BCUT2D eigenvalue weighted by atomic mass is 16.3. The van der Waals surface area contributed by atoms with Gasteiger partial charge in [0.25, 0.3) is 0 Å². The minimum Gasteiger partial charge on any atom is -0.506 e. The molecule has 0 aliphatic heterocycles. The lowest BCUT2D eigenvalue weighted by Crippen LogP contribution is -2.10. The van der Waals surface area contributed by atoms with E-state index in [1.807, 2.05) is 36.4 Å². The second-order valence-electron chi connectivity index (χ2n) is 11.6. The van der Waals surface area contributed by atoms with Crippen LogP contribution in [0.3, 0.4) is 0 Å². The Bertz CT molecular complexity index is 2300. The van der Waals surface area contributed by atoms with Crippen LogP contribution in [0.1, 0.15) is 0 Å². The fourth-order valence-corrected chi connectivity index (χ4v) is 6.49. The highest BCUT2D eigenvalue weighted by Gasteiger charge is 2.19.